The highest BCUT2D eigenvalue weighted by atomic mass is 16.2. The summed E-state index contributed by atoms with van der Waals surface area (Å²) in [4.78, 5) is 30.9. The Morgan fingerprint density at radius 1 is 1.14 bits per heavy atom. The first-order valence-corrected chi connectivity index (χ1v) is 10.3. The van der Waals surface area contributed by atoms with Crippen LogP contribution in [0.4, 0.5) is 0 Å². The van der Waals surface area contributed by atoms with Gasteiger partial charge in [0.2, 0.25) is 5.91 Å². The van der Waals surface area contributed by atoms with Gasteiger partial charge in [-0.3, -0.25) is 14.7 Å². The lowest BCUT2D eigenvalue weighted by Crippen LogP contribution is -2.40. The lowest BCUT2D eigenvalue weighted by molar-refractivity contribution is -0.118. The number of hydrogen-bond acceptors (Lipinski definition) is 4. The Morgan fingerprint density at radius 3 is 2.71 bits per heavy atom. The second kappa shape index (κ2) is 8.16. The fraction of sp³-hybridized carbons (Fsp3) is 0.600. The molecule has 4 rings (SSSR count). The number of amides is 2. The zero-order valence-corrected chi connectivity index (χ0v) is 16.1. The van der Waals surface area contributed by atoms with Crippen molar-refractivity contribution in [3.05, 3.63) is 35.7 Å². The number of likely N-dealkylation sites (tertiary alicyclic amines) is 1. The van der Waals surface area contributed by atoms with Crippen molar-refractivity contribution in [3.63, 3.8) is 0 Å². The molecule has 0 spiro atoms. The molecule has 1 saturated heterocycles. The average molecular weight is 384 g/mol. The Kier molecular flexibility index (Phi) is 5.45. The maximum atomic E-state index is 13.3. The first kappa shape index (κ1) is 18.7. The Morgan fingerprint density at radius 2 is 1.93 bits per heavy atom. The summed E-state index contributed by atoms with van der Waals surface area (Å²) in [5.41, 5.74) is 7.06. The first-order chi connectivity index (χ1) is 13.6. The minimum atomic E-state index is -0.390. The third-order valence-corrected chi connectivity index (χ3v) is 6.06. The molecule has 2 aliphatic rings. The molecule has 0 bridgehead atoms. The van der Waals surface area contributed by atoms with Gasteiger partial charge in [0.15, 0.2) is 0 Å². The molecule has 1 aliphatic carbocycles. The van der Waals surface area contributed by atoms with Crippen LogP contribution in [0.1, 0.15) is 78.7 Å². The highest BCUT2D eigenvalue weighted by Crippen LogP contribution is 2.34. The molecule has 2 amide bonds. The molecule has 150 valence electrons. The van der Waals surface area contributed by atoms with Crippen LogP contribution in [-0.4, -0.2) is 49.6 Å². The van der Waals surface area contributed by atoms with Gasteiger partial charge < -0.3 is 15.2 Å². The number of aromatic nitrogens is 4. The summed E-state index contributed by atoms with van der Waals surface area (Å²) < 4.78 is 1.80. The summed E-state index contributed by atoms with van der Waals surface area (Å²) in [6, 6.07) is 0. The molecule has 1 saturated carbocycles. The van der Waals surface area contributed by atoms with Crippen molar-refractivity contribution < 1.29 is 9.59 Å². The van der Waals surface area contributed by atoms with Crippen LogP contribution in [0.25, 0.3) is 0 Å². The van der Waals surface area contributed by atoms with Gasteiger partial charge in [-0.1, -0.05) is 19.3 Å². The smallest absolute Gasteiger partial charge is 0.257 e. The van der Waals surface area contributed by atoms with Crippen LogP contribution in [0, 0.1) is 0 Å². The lowest BCUT2D eigenvalue weighted by Gasteiger charge is -2.33. The van der Waals surface area contributed by atoms with E-state index in [9.17, 15) is 9.59 Å². The van der Waals surface area contributed by atoms with Gasteiger partial charge in [0.05, 0.1) is 17.5 Å². The number of H-pyrrole nitrogens is 1. The molecule has 1 unspecified atom stereocenters. The molecule has 2 aromatic rings. The molecular weight excluding hydrogens is 356 g/mol. The second-order valence-corrected chi connectivity index (χ2v) is 8.00. The number of nitrogens with zero attached hydrogens (tertiary/aromatic N) is 4. The fourth-order valence-corrected chi connectivity index (χ4v) is 4.69. The third kappa shape index (κ3) is 3.81. The highest BCUT2D eigenvalue weighted by Gasteiger charge is 2.31. The highest BCUT2D eigenvalue weighted by molar-refractivity contribution is 5.95. The van der Waals surface area contributed by atoms with E-state index in [1.807, 2.05) is 4.90 Å². The minimum absolute atomic E-state index is 0.0482. The van der Waals surface area contributed by atoms with Crippen LogP contribution in [0.2, 0.25) is 0 Å². The van der Waals surface area contributed by atoms with E-state index in [-0.39, 0.29) is 18.4 Å². The molecular formula is C20H28N6O2. The lowest BCUT2D eigenvalue weighted by atomic mass is 9.85. The molecule has 2 fully saturated rings. The fourth-order valence-electron chi connectivity index (χ4n) is 4.69. The van der Waals surface area contributed by atoms with Crippen LogP contribution in [0.3, 0.4) is 0 Å². The van der Waals surface area contributed by atoms with Crippen LogP contribution >= 0.6 is 0 Å². The average Bonchev–Trinajstić information content (AvgIpc) is 3.37. The van der Waals surface area contributed by atoms with Crippen LogP contribution < -0.4 is 5.73 Å². The number of piperidine rings is 1. The zero-order valence-electron chi connectivity index (χ0n) is 16.1. The van der Waals surface area contributed by atoms with Crippen molar-refractivity contribution in [2.24, 2.45) is 5.73 Å². The van der Waals surface area contributed by atoms with E-state index in [1.165, 1.54) is 19.3 Å². The summed E-state index contributed by atoms with van der Waals surface area (Å²) in [6.07, 6.45) is 13.0. The quantitative estimate of drug-likeness (QED) is 0.823. The summed E-state index contributed by atoms with van der Waals surface area (Å²) in [6.45, 7) is 1.46. The van der Waals surface area contributed by atoms with Gasteiger partial charge in [0.1, 0.15) is 12.4 Å². The normalized spacial score (nSPS) is 21.0. The van der Waals surface area contributed by atoms with E-state index in [4.69, 9.17) is 5.73 Å². The number of carbonyl (C=O) groups excluding carboxylic acids is 2. The molecule has 8 nitrogen and oxygen atoms in total. The topological polar surface area (TPSA) is 110 Å². The summed E-state index contributed by atoms with van der Waals surface area (Å²) in [7, 11) is 0. The van der Waals surface area contributed by atoms with E-state index < -0.39 is 5.91 Å². The first-order valence-electron chi connectivity index (χ1n) is 10.3. The third-order valence-electron chi connectivity index (χ3n) is 6.06. The summed E-state index contributed by atoms with van der Waals surface area (Å²) in [5.74, 6) is 1.00. The molecule has 28 heavy (non-hydrogen) atoms. The second-order valence-electron chi connectivity index (χ2n) is 8.00. The largest absolute Gasteiger partial charge is 0.368 e. The molecule has 0 aromatic carbocycles. The molecule has 1 atom stereocenters. The van der Waals surface area contributed by atoms with Crippen molar-refractivity contribution in [1.29, 1.82) is 0 Å². The number of carbonyl (C=O) groups is 2. The molecule has 8 heteroatoms. The predicted molar refractivity (Wildman–Crippen MR) is 104 cm³/mol. The van der Waals surface area contributed by atoms with Crippen LogP contribution in [0.5, 0.6) is 0 Å². The van der Waals surface area contributed by atoms with Gasteiger partial charge in [0, 0.05) is 37.3 Å². The molecule has 0 radical (unpaired) electrons. The van der Waals surface area contributed by atoms with E-state index in [0.717, 1.165) is 43.7 Å². The Labute approximate surface area is 164 Å². The van der Waals surface area contributed by atoms with Crippen molar-refractivity contribution >= 4 is 11.8 Å². The van der Waals surface area contributed by atoms with Gasteiger partial charge in [-0.05, 0) is 25.7 Å². The van der Waals surface area contributed by atoms with Gasteiger partial charge in [-0.15, -0.1) is 0 Å². The number of nitrogens with one attached hydrogen (secondary N) is 1. The standard InChI is InChI=1S/C20H28N6O2/c21-17(27)13-25-10-8-22-19(25)15-7-4-9-26(12-15)20(28)16-11-23-24-18(16)14-5-2-1-3-6-14/h8,10-11,14-15H,1-7,9,12-13H2,(H2,21,27)(H,23,24). The van der Waals surface area contributed by atoms with E-state index >= 15 is 0 Å². The SMILES string of the molecule is NC(=O)Cn1ccnc1C1CCCN(C(=O)c2cn[nH]c2C2CCCCC2)C1. The van der Waals surface area contributed by atoms with Gasteiger partial charge in [-0.2, -0.15) is 5.10 Å². The van der Waals surface area contributed by atoms with Gasteiger partial charge in [0.25, 0.3) is 5.91 Å². The number of rotatable bonds is 5. The summed E-state index contributed by atoms with van der Waals surface area (Å²) >= 11 is 0. The summed E-state index contributed by atoms with van der Waals surface area (Å²) in [5, 5.41) is 7.29. The molecule has 3 N–H and O–H groups in total. The van der Waals surface area contributed by atoms with Crippen molar-refractivity contribution in [3.8, 4) is 0 Å². The van der Waals surface area contributed by atoms with Crippen LogP contribution in [0.15, 0.2) is 18.6 Å². The molecule has 1 aliphatic heterocycles. The number of imidazole rings is 1. The van der Waals surface area contributed by atoms with E-state index in [1.54, 1.807) is 23.2 Å². The predicted octanol–water partition coefficient (Wildman–Crippen LogP) is 2.16. The minimum Gasteiger partial charge on any atom is -0.368 e. The monoisotopic (exact) mass is 384 g/mol. The number of nitrogens with two attached hydrogens (primary N) is 1. The van der Waals surface area contributed by atoms with Crippen molar-refractivity contribution in [1.82, 2.24) is 24.6 Å². The molecule has 2 aromatic heterocycles. The number of primary amides is 1. The zero-order chi connectivity index (χ0) is 19.5. The Balaban J connectivity index is 1.50. The van der Waals surface area contributed by atoms with Gasteiger partial charge in [-0.25, -0.2) is 4.98 Å². The van der Waals surface area contributed by atoms with Crippen molar-refractivity contribution in [2.75, 3.05) is 13.1 Å². The van der Waals surface area contributed by atoms with Crippen LogP contribution in [-0.2, 0) is 11.3 Å². The Bertz CT molecular complexity index is 835. The van der Waals surface area contributed by atoms with E-state index in [2.05, 4.69) is 15.2 Å². The Hall–Kier alpha value is -2.64. The maximum absolute atomic E-state index is 13.3. The number of hydrogen-bond donors (Lipinski definition) is 2. The van der Waals surface area contributed by atoms with Crippen molar-refractivity contribution in [2.45, 2.75) is 63.3 Å². The number of aromatic amines is 1. The maximum Gasteiger partial charge on any atom is 0.257 e. The van der Waals surface area contributed by atoms with E-state index in [0.29, 0.717) is 18.0 Å². The van der Waals surface area contributed by atoms with Gasteiger partial charge >= 0.3 is 0 Å². The molecule has 3 heterocycles.